The Morgan fingerprint density at radius 1 is 1.07 bits per heavy atom. The predicted molar refractivity (Wildman–Crippen MR) is 104 cm³/mol. The fraction of sp³-hybridized carbons (Fsp3) is 0.0556. The summed E-state index contributed by atoms with van der Waals surface area (Å²) in [5.41, 5.74) is 0.903. The molecule has 2 aromatic rings. The fourth-order valence-electron chi connectivity index (χ4n) is 2.36. The van der Waals surface area contributed by atoms with E-state index in [0.29, 0.717) is 11.1 Å². The Hall–Kier alpha value is -2.48. The van der Waals surface area contributed by atoms with Gasteiger partial charge in [0.05, 0.1) is 10.0 Å². The van der Waals surface area contributed by atoms with Gasteiger partial charge in [0, 0.05) is 0 Å². The van der Waals surface area contributed by atoms with Crippen molar-refractivity contribution < 1.29 is 18.7 Å². The van der Waals surface area contributed by atoms with Crippen molar-refractivity contribution in [2.24, 2.45) is 0 Å². The normalized spacial score (nSPS) is 13.9. The molecular weight excluding hydrogens is 414 g/mol. The number of carbonyl (C=O) groups excluding carboxylic acids is 2. The highest BCUT2D eigenvalue weighted by atomic mass is 35.5. The zero-order chi connectivity index (χ0) is 19.6. The average molecular weight is 425 g/mol. The first-order valence-corrected chi connectivity index (χ1v) is 8.74. The molecule has 1 aliphatic rings. The highest BCUT2D eigenvalue weighted by Crippen LogP contribution is 2.35. The van der Waals surface area contributed by atoms with Gasteiger partial charge in [-0.3, -0.25) is 20.2 Å². The summed E-state index contributed by atoms with van der Waals surface area (Å²) in [5, 5.41) is 4.97. The van der Waals surface area contributed by atoms with Crippen molar-refractivity contribution >= 4 is 58.4 Å². The Morgan fingerprint density at radius 2 is 1.70 bits per heavy atom. The van der Waals surface area contributed by atoms with Gasteiger partial charge in [0.1, 0.15) is 18.0 Å². The minimum Gasteiger partial charge on any atom is -0.486 e. The molecule has 0 aliphatic carbocycles. The highest BCUT2D eigenvalue weighted by molar-refractivity contribution is 7.80. The predicted octanol–water partition coefficient (Wildman–Crippen LogP) is 3.63. The molecule has 1 aliphatic heterocycles. The van der Waals surface area contributed by atoms with Crippen LogP contribution in [0.3, 0.4) is 0 Å². The van der Waals surface area contributed by atoms with Crippen LogP contribution in [0.4, 0.5) is 4.39 Å². The second kappa shape index (κ2) is 8.04. The maximum Gasteiger partial charge on any atom is 0.263 e. The lowest BCUT2D eigenvalue weighted by molar-refractivity contribution is -0.123. The molecule has 0 atom stereocenters. The van der Waals surface area contributed by atoms with Crippen LogP contribution in [-0.4, -0.2) is 16.9 Å². The van der Waals surface area contributed by atoms with Gasteiger partial charge in [-0.1, -0.05) is 35.3 Å². The smallest absolute Gasteiger partial charge is 0.263 e. The summed E-state index contributed by atoms with van der Waals surface area (Å²) >= 11 is 17.2. The average Bonchev–Trinajstić information content (AvgIpc) is 2.57. The summed E-state index contributed by atoms with van der Waals surface area (Å²) in [4.78, 5) is 23.8. The van der Waals surface area contributed by atoms with Gasteiger partial charge in [0.25, 0.3) is 11.8 Å². The van der Waals surface area contributed by atoms with Crippen molar-refractivity contribution in [2.45, 2.75) is 6.61 Å². The lowest BCUT2D eigenvalue weighted by atomic mass is 10.1. The molecule has 1 saturated heterocycles. The zero-order valence-corrected chi connectivity index (χ0v) is 15.8. The maximum atomic E-state index is 13.2. The van der Waals surface area contributed by atoms with Crippen molar-refractivity contribution in [3.8, 4) is 5.75 Å². The van der Waals surface area contributed by atoms with E-state index in [1.807, 2.05) is 0 Å². The second-order valence-corrected chi connectivity index (χ2v) is 6.75. The van der Waals surface area contributed by atoms with Crippen molar-refractivity contribution in [3.63, 3.8) is 0 Å². The summed E-state index contributed by atoms with van der Waals surface area (Å²) in [6, 6.07) is 8.93. The van der Waals surface area contributed by atoms with Gasteiger partial charge in [-0.15, -0.1) is 0 Å². The van der Waals surface area contributed by atoms with E-state index < -0.39 is 11.8 Å². The van der Waals surface area contributed by atoms with E-state index in [1.165, 1.54) is 30.3 Å². The number of hydrogen-bond acceptors (Lipinski definition) is 4. The van der Waals surface area contributed by atoms with Crippen molar-refractivity contribution in [2.75, 3.05) is 0 Å². The molecule has 0 aromatic heterocycles. The molecule has 2 amide bonds. The number of thiocarbonyl (C=S) groups is 1. The zero-order valence-electron chi connectivity index (χ0n) is 13.5. The van der Waals surface area contributed by atoms with Crippen LogP contribution >= 0.6 is 35.4 Å². The number of carbonyl (C=O) groups is 2. The number of nitrogens with one attached hydrogen (secondary N) is 2. The molecule has 27 heavy (non-hydrogen) atoms. The first-order chi connectivity index (χ1) is 12.8. The van der Waals surface area contributed by atoms with Gasteiger partial charge in [-0.25, -0.2) is 4.39 Å². The molecule has 138 valence electrons. The van der Waals surface area contributed by atoms with Crippen LogP contribution in [0.2, 0.25) is 10.0 Å². The lowest BCUT2D eigenvalue weighted by Gasteiger charge is -2.16. The summed E-state index contributed by atoms with van der Waals surface area (Å²) in [7, 11) is 0. The molecule has 0 bridgehead atoms. The number of halogens is 3. The summed E-state index contributed by atoms with van der Waals surface area (Å²) in [5.74, 6) is -1.41. The minimum absolute atomic E-state index is 0.0562. The van der Waals surface area contributed by atoms with Gasteiger partial charge in [-0.05, 0) is 53.7 Å². The quantitative estimate of drug-likeness (QED) is 0.446. The Kier molecular flexibility index (Phi) is 5.74. The van der Waals surface area contributed by atoms with Crippen LogP contribution in [0, 0.1) is 5.82 Å². The molecule has 0 unspecified atom stereocenters. The van der Waals surface area contributed by atoms with Gasteiger partial charge < -0.3 is 4.74 Å². The van der Waals surface area contributed by atoms with E-state index >= 15 is 0 Å². The van der Waals surface area contributed by atoms with Gasteiger partial charge >= 0.3 is 0 Å². The molecular formula is C18H11Cl2FN2O3S. The summed E-state index contributed by atoms with van der Waals surface area (Å²) in [6.07, 6.45) is 1.33. The molecule has 2 N–H and O–H groups in total. The van der Waals surface area contributed by atoms with Gasteiger partial charge in [-0.2, -0.15) is 0 Å². The lowest BCUT2D eigenvalue weighted by Crippen LogP contribution is -2.51. The van der Waals surface area contributed by atoms with Crippen LogP contribution in [0.1, 0.15) is 11.1 Å². The van der Waals surface area contributed by atoms with Crippen molar-refractivity contribution in [3.05, 3.63) is 69.0 Å². The second-order valence-electron chi connectivity index (χ2n) is 5.53. The van der Waals surface area contributed by atoms with Crippen molar-refractivity contribution in [1.29, 1.82) is 0 Å². The molecule has 5 nitrogen and oxygen atoms in total. The fourth-order valence-corrected chi connectivity index (χ4v) is 3.15. The van der Waals surface area contributed by atoms with Crippen LogP contribution in [0.15, 0.2) is 42.0 Å². The number of ether oxygens (including phenoxy) is 1. The molecule has 0 spiro atoms. The topological polar surface area (TPSA) is 67.4 Å². The Morgan fingerprint density at radius 3 is 2.30 bits per heavy atom. The van der Waals surface area contributed by atoms with Crippen LogP contribution in [-0.2, 0) is 16.2 Å². The molecule has 0 saturated carbocycles. The SMILES string of the molecule is O=C1NC(=S)NC(=O)C1=Cc1cc(Cl)c(OCc2cccc(F)c2)c(Cl)c1. The Balaban J connectivity index is 1.82. The third-order valence-electron chi connectivity index (χ3n) is 3.55. The first-order valence-electron chi connectivity index (χ1n) is 7.58. The molecule has 1 heterocycles. The third-order valence-corrected chi connectivity index (χ3v) is 4.31. The molecule has 9 heteroatoms. The highest BCUT2D eigenvalue weighted by Gasteiger charge is 2.25. The van der Waals surface area contributed by atoms with Crippen LogP contribution in [0.5, 0.6) is 5.75 Å². The summed E-state index contributed by atoms with van der Waals surface area (Å²) < 4.78 is 18.8. The molecule has 2 aromatic carbocycles. The van der Waals surface area contributed by atoms with E-state index in [9.17, 15) is 14.0 Å². The largest absolute Gasteiger partial charge is 0.486 e. The van der Waals surface area contributed by atoms with E-state index in [2.05, 4.69) is 10.6 Å². The summed E-state index contributed by atoms with van der Waals surface area (Å²) in [6.45, 7) is 0.0693. The van der Waals surface area contributed by atoms with E-state index in [1.54, 1.807) is 12.1 Å². The standard InChI is InChI=1S/C18H11Cl2FN2O3S/c19-13-6-10(5-12-16(24)22-18(27)23-17(12)25)7-14(20)15(13)26-8-9-2-1-3-11(21)4-9/h1-7H,8H2,(H2,22,23,24,25,27). The number of benzene rings is 2. The van der Waals surface area contributed by atoms with Gasteiger partial charge in [0.15, 0.2) is 10.9 Å². The number of amides is 2. The minimum atomic E-state index is -0.623. The molecule has 3 rings (SSSR count). The molecule has 1 fully saturated rings. The van der Waals surface area contributed by atoms with E-state index in [-0.39, 0.29) is 38.9 Å². The van der Waals surface area contributed by atoms with E-state index in [0.717, 1.165) is 0 Å². The maximum absolute atomic E-state index is 13.2. The van der Waals surface area contributed by atoms with Crippen molar-refractivity contribution in [1.82, 2.24) is 10.6 Å². The van der Waals surface area contributed by atoms with E-state index in [4.69, 9.17) is 40.2 Å². The van der Waals surface area contributed by atoms with Gasteiger partial charge in [0.2, 0.25) is 0 Å². The first kappa shape index (κ1) is 19.3. The number of rotatable bonds is 4. The van der Waals surface area contributed by atoms with Crippen LogP contribution in [0.25, 0.3) is 6.08 Å². The Labute approximate surface area is 169 Å². The third kappa shape index (κ3) is 4.63. The Bertz CT molecular complexity index is 949. The molecule has 0 radical (unpaired) electrons. The monoisotopic (exact) mass is 424 g/mol. The number of hydrogen-bond donors (Lipinski definition) is 2. The van der Waals surface area contributed by atoms with Crippen LogP contribution < -0.4 is 15.4 Å².